The van der Waals surface area contributed by atoms with Crippen molar-refractivity contribution in [1.29, 1.82) is 0 Å². The third-order valence-corrected chi connectivity index (χ3v) is 34.3. The normalized spacial score (nSPS) is 14.9. The Balaban J connectivity index is 0.0000000829. The van der Waals surface area contributed by atoms with Crippen LogP contribution < -0.4 is 19.6 Å². The topological polar surface area (TPSA) is 64.5 Å². The summed E-state index contributed by atoms with van der Waals surface area (Å²) < 4.78 is 0. The summed E-state index contributed by atoms with van der Waals surface area (Å²) in [5.41, 5.74) is 83.6. The summed E-state index contributed by atoms with van der Waals surface area (Å²) in [6.07, 6.45) is 27.9. The lowest BCUT2D eigenvalue weighted by molar-refractivity contribution is 0.966. The largest absolute Gasteiger partial charge is 0.309 e. The summed E-state index contributed by atoms with van der Waals surface area (Å²) >= 11 is 0. The van der Waals surface area contributed by atoms with Crippen molar-refractivity contribution in [3.8, 4) is 89.0 Å². The molecule has 12 heterocycles. The monoisotopic (exact) mass is 1780 g/mol. The van der Waals surface area contributed by atoms with Crippen molar-refractivity contribution in [1.82, 2.24) is 19.9 Å². The van der Waals surface area contributed by atoms with Gasteiger partial charge in [0, 0.05) is 82.4 Å². The predicted molar refractivity (Wildman–Crippen MR) is 564 cm³/mol. The number of benzene rings is 16. The van der Waals surface area contributed by atoms with Gasteiger partial charge in [-0.2, -0.15) is 0 Å². The summed E-state index contributed by atoms with van der Waals surface area (Å²) in [6, 6.07) is 114. The van der Waals surface area contributed by atoms with E-state index in [2.05, 4.69) is 345 Å². The second kappa shape index (κ2) is 28.5. The molecule has 4 aromatic heterocycles. The van der Waals surface area contributed by atoms with E-state index in [1.165, 1.54) is 330 Å². The van der Waals surface area contributed by atoms with E-state index >= 15 is 0 Å². The minimum Gasteiger partial charge on any atom is -0.309 e. The van der Waals surface area contributed by atoms with Gasteiger partial charge in [-0.25, -0.2) is 4.98 Å². The van der Waals surface area contributed by atoms with E-state index in [1.807, 2.05) is 24.8 Å². The molecule has 0 atom stereocenters. The predicted octanol–water partition coefficient (Wildman–Crippen LogP) is 30.0. The summed E-state index contributed by atoms with van der Waals surface area (Å²) in [5.74, 6) is 1.10. The second-order valence-corrected chi connectivity index (χ2v) is 41.5. The van der Waals surface area contributed by atoms with Crippen LogP contribution in [0.3, 0.4) is 0 Å². The molecule has 8 heteroatoms. The van der Waals surface area contributed by atoms with Crippen molar-refractivity contribution < 1.29 is 0 Å². The fourth-order valence-corrected chi connectivity index (χ4v) is 28.4. The molecule has 140 heavy (non-hydrogen) atoms. The molecule has 0 saturated heterocycles. The quantitative estimate of drug-likeness (QED) is 0.149. The van der Waals surface area contributed by atoms with E-state index < -0.39 is 0 Å². The highest BCUT2D eigenvalue weighted by atomic mass is 15.2. The van der Waals surface area contributed by atoms with Crippen LogP contribution in [0.25, 0.3) is 89.0 Å². The first-order valence-electron chi connectivity index (χ1n) is 50.3. The lowest BCUT2D eigenvalue weighted by Crippen LogP contribution is -2.26. The zero-order valence-corrected chi connectivity index (χ0v) is 77.2. The van der Waals surface area contributed by atoms with Gasteiger partial charge in [0.15, 0.2) is 0 Å². The van der Waals surface area contributed by atoms with E-state index in [0.717, 1.165) is 109 Å². The van der Waals surface area contributed by atoms with Crippen molar-refractivity contribution >= 4 is 68.4 Å². The van der Waals surface area contributed by atoms with Crippen LogP contribution in [0, 0.1) is 0 Å². The summed E-state index contributed by atoms with van der Waals surface area (Å²) in [7, 11) is 0. The molecule has 16 aliphatic rings. The van der Waals surface area contributed by atoms with Gasteiger partial charge in [-0.3, -0.25) is 19.9 Å². The molecular weight excluding hydrogens is 1700 g/mol. The molecule has 0 N–H and O–H groups in total. The standard InChI is InChI=1S/4C33H22N2/c1-3-9-25-19(6-1)12-22-18-31-23(16-27(22)25)13-24-17-28-26-10-4-2-7-20(26)14-29(28)30-15-21-8-5-11-34-33(21)35(31)32(24)30;1-3-8-25-19(6-1)12-21-17-31-22(16-27(21)25)14-24-15-23-13-20-7-2-4-9-26(20)32(23)28-18-29-30(10-5-11-34-29)35(31)33(24)28;1-3-7-25-19(5-1)11-21-17-32-22(14-27(21)25)12-23-15-28-26-8-4-2-6-20(26)13-29(28)30-16-24-18-34-10-9-31(24)35(32)33(23)30;1-3-7-25-19(5-1)11-22-17-31-23(15-27(22)25)12-24-16-28-26-8-4-2-6-20(26)13-29(28)30-14-21-9-10-34-18-32(21)35(31)33(24)30/h1-11,16-18H,12-15H2;1-11,15-17H,12-14,18H2;1-10,14-15,17-18H,11-13,16H2;1-10,15-18H,11-14H2. The van der Waals surface area contributed by atoms with Crippen LogP contribution in [0.1, 0.15) is 178 Å². The Labute approximate surface area is 812 Å². The smallest absolute Gasteiger partial charge is 0.141 e. The van der Waals surface area contributed by atoms with Gasteiger partial charge in [0.1, 0.15) is 5.82 Å². The SMILES string of the molecule is c1ccc2c(c1)Cc1cc3c(cc1-2)Cc1cc2c(c4c1N3c1cccnc1C4)-c1ccccc1C2.c1ccc2c(c1)Cc1cc3c(cc1-2)Cc1cc2c(c4c1N3c1ccncc1C4)Cc1ccccc1-2.c1ccc2c(c1)Cc1cc3c(cc1-2)Cc1cc2c(c4c1N3c1cnccc1C4)Cc1ccccc1-2.c1ccc2c(c1)Cc1cc3c(cc1-2)Cc1cc2c(c4c1N3c1ncccc1C4)Cc1ccccc1-2. The minimum atomic E-state index is 0.901. The van der Waals surface area contributed by atoms with Gasteiger partial charge in [0.25, 0.3) is 0 Å². The van der Waals surface area contributed by atoms with Crippen molar-refractivity contribution in [3.05, 3.63) is 519 Å². The van der Waals surface area contributed by atoms with Gasteiger partial charge in [0.2, 0.25) is 0 Å². The molecule has 16 aromatic carbocycles. The molecule has 36 rings (SSSR count). The van der Waals surface area contributed by atoms with Crippen molar-refractivity contribution in [2.24, 2.45) is 0 Å². The average Bonchev–Trinajstić information content (AvgIpc) is 1.37. The van der Waals surface area contributed by atoms with Crippen LogP contribution in [0.2, 0.25) is 0 Å². The number of fused-ring (bicyclic) bond motifs is 44. The molecule has 0 radical (unpaired) electrons. The summed E-state index contributed by atoms with van der Waals surface area (Å²) in [6.45, 7) is 0. The van der Waals surface area contributed by atoms with Gasteiger partial charge in [-0.15, -0.1) is 0 Å². The zero-order valence-electron chi connectivity index (χ0n) is 77.2. The number of rotatable bonds is 0. The van der Waals surface area contributed by atoms with Crippen LogP contribution in [0.15, 0.2) is 340 Å². The van der Waals surface area contributed by atoms with E-state index in [0.29, 0.717) is 0 Å². The van der Waals surface area contributed by atoms with Gasteiger partial charge in [-0.05, 0) is 410 Å². The molecule has 8 aliphatic heterocycles. The summed E-state index contributed by atoms with van der Waals surface area (Å²) in [4.78, 5) is 29.1. The molecule has 0 bridgehead atoms. The number of hydrogen-bond donors (Lipinski definition) is 0. The fourth-order valence-electron chi connectivity index (χ4n) is 28.4. The molecular formula is C132H88N8. The van der Waals surface area contributed by atoms with Gasteiger partial charge in [-0.1, -0.05) is 206 Å². The molecule has 0 fully saturated rings. The molecule has 20 aromatic rings. The Morgan fingerprint density at radius 1 is 0.157 bits per heavy atom. The highest BCUT2D eigenvalue weighted by molar-refractivity contribution is 6.02. The number of hydrogen-bond acceptors (Lipinski definition) is 8. The zero-order chi connectivity index (χ0) is 90.7. The first kappa shape index (κ1) is 76.5. The number of anilines is 12. The van der Waals surface area contributed by atoms with Crippen LogP contribution in [0.4, 0.5) is 68.4 Å². The molecule has 0 amide bonds. The van der Waals surface area contributed by atoms with E-state index in [4.69, 9.17) is 9.97 Å². The highest BCUT2D eigenvalue weighted by Gasteiger charge is 2.45. The first-order valence-corrected chi connectivity index (χ1v) is 50.3. The highest BCUT2D eigenvalue weighted by Crippen LogP contribution is 2.63. The first-order chi connectivity index (χ1) is 69.3. The van der Waals surface area contributed by atoms with Crippen molar-refractivity contribution in [3.63, 3.8) is 0 Å². The molecule has 8 aliphatic carbocycles. The van der Waals surface area contributed by atoms with Gasteiger partial charge >= 0.3 is 0 Å². The van der Waals surface area contributed by atoms with Crippen LogP contribution in [-0.4, -0.2) is 19.9 Å². The number of aromatic nitrogens is 4. The molecule has 0 unspecified atom stereocenters. The van der Waals surface area contributed by atoms with Crippen molar-refractivity contribution in [2.45, 2.75) is 103 Å². The lowest BCUT2D eigenvalue weighted by atomic mass is 9.82. The lowest BCUT2D eigenvalue weighted by Gasteiger charge is -2.40. The van der Waals surface area contributed by atoms with Crippen molar-refractivity contribution in [2.75, 3.05) is 19.6 Å². The van der Waals surface area contributed by atoms with Gasteiger partial charge < -0.3 is 14.7 Å². The van der Waals surface area contributed by atoms with E-state index in [1.54, 1.807) is 0 Å². The molecule has 8 nitrogen and oxygen atoms in total. The number of pyridine rings is 4. The fraction of sp³-hybridized carbons (Fsp3) is 0.121. The van der Waals surface area contributed by atoms with E-state index in [-0.39, 0.29) is 0 Å². The number of nitrogens with zero attached hydrogens (tertiary/aromatic N) is 8. The Morgan fingerprint density at radius 3 is 0.957 bits per heavy atom. The molecule has 656 valence electrons. The Morgan fingerprint density at radius 2 is 0.479 bits per heavy atom. The third-order valence-electron chi connectivity index (χ3n) is 34.3. The van der Waals surface area contributed by atoms with Crippen LogP contribution in [0.5, 0.6) is 0 Å². The maximum Gasteiger partial charge on any atom is 0.141 e. The minimum absolute atomic E-state index is 0.901. The van der Waals surface area contributed by atoms with E-state index in [9.17, 15) is 0 Å². The average molecular weight is 1790 g/mol. The molecule has 0 saturated carbocycles. The summed E-state index contributed by atoms with van der Waals surface area (Å²) in [5, 5.41) is 0. The third kappa shape index (κ3) is 10.8. The Bertz CT molecular complexity index is 8510. The Hall–Kier alpha value is -16.7. The second-order valence-electron chi connectivity index (χ2n) is 41.5. The van der Waals surface area contributed by atoms with Crippen LogP contribution in [-0.2, 0) is 103 Å². The maximum absolute atomic E-state index is 4.94. The van der Waals surface area contributed by atoms with Crippen LogP contribution >= 0.6 is 0 Å². The van der Waals surface area contributed by atoms with Gasteiger partial charge in [0.05, 0.1) is 74.5 Å². The maximum atomic E-state index is 4.94. The molecule has 0 spiro atoms. The Kier molecular flexibility index (Phi) is 15.6.